The number of aliphatic imine (C=N–C) groups is 1. The van der Waals surface area contributed by atoms with Crippen molar-refractivity contribution in [3.05, 3.63) is 193 Å². The minimum absolute atomic E-state index is 0.821. The Kier molecular flexibility index (Phi) is 6.25. The Bertz CT molecular complexity index is 3670. The van der Waals surface area contributed by atoms with Crippen LogP contribution in [-0.4, -0.2) is 14.7 Å². The predicted octanol–water partition coefficient (Wildman–Crippen LogP) is 14.2. The van der Waals surface area contributed by atoms with Crippen LogP contribution in [0.1, 0.15) is 29.7 Å². The van der Waals surface area contributed by atoms with Crippen LogP contribution in [0.2, 0.25) is 0 Å². The molecule has 0 radical (unpaired) electrons. The molecule has 0 amide bonds. The molecule has 0 fully saturated rings. The summed E-state index contributed by atoms with van der Waals surface area (Å²) in [7, 11) is 0. The number of fused-ring (bicyclic) bond motifs is 14. The molecule has 5 heterocycles. The van der Waals surface area contributed by atoms with Crippen molar-refractivity contribution in [2.45, 2.75) is 12.8 Å². The minimum Gasteiger partial charge on any atom is -0.454 e. The van der Waals surface area contributed by atoms with Gasteiger partial charge in [0.15, 0.2) is 5.76 Å². The second kappa shape index (κ2) is 11.5. The van der Waals surface area contributed by atoms with Crippen molar-refractivity contribution < 1.29 is 4.42 Å². The third-order valence-corrected chi connectivity index (χ3v) is 12.3. The van der Waals surface area contributed by atoms with Crippen LogP contribution in [0, 0.1) is 0 Å². The van der Waals surface area contributed by atoms with Gasteiger partial charge in [0.1, 0.15) is 11.3 Å². The van der Waals surface area contributed by atoms with E-state index < -0.39 is 0 Å². The summed E-state index contributed by atoms with van der Waals surface area (Å²) in [5.74, 6) is 0.821. The smallest absolute Gasteiger partial charge is 0.161 e. The van der Waals surface area contributed by atoms with E-state index >= 15 is 0 Å². The van der Waals surface area contributed by atoms with Crippen LogP contribution in [0.5, 0.6) is 0 Å². The molecule has 4 aromatic heterocycles. The van der Waals surface area contributed by atoms with E-state index in [2.05, 4.69) is 173 Å². The van der Waals surface area contributed by atoms with Crippen molar-refractivity contribution in [2.75, 3.05) is 0 Å². The summed E-state index contributed by atoms with van der Waals surface area (Å²) in [4.78, 5) is 5.33. The van der Waals surface area contributed by atoms with Crippen molar-refractivity contribution in [3.8, 4) is 5.69 Å². The first-order valence-electron chi connectivity index (χ1n) is 19.8. The molecular formula is C53H33N3O. The van der Waals surface area contributed by atoms with Gasteiger partial charge in [-0.25, -0.2) is 4.99 Å². The molecule has 0 unspecified atom stereocenters. The van der Waals surface area contributed by atoms with E-state index in [0.717, 1.165) is 63.4 Å². The van der Waals surface area contributed by atoms with Crippen LogP contribution in [0.25, 0.3) is 92.9 Å². The van der Waals surface area contributed by atoms with Crippen LogP contribution in [-0.2, 0) is 0 Å². The Balaban J connectivity index is 1.04. The van der Waals surface area contributed by atoms with Crippen LogP contribution in [0.15, 0.2) is 185 Å². The molecule has 0 saturated carbocycles. The fraction of sp³-hybridized carbons (Fsp3) is 0.0377. The lowest BCUT2D eigenvalue weighted by atomic mass is 9.96. The Morgan fingerprint density at radius 1 is 0.491 bits per heavy atom. The first kappa shape index (κ1) is 30.8. The van der Waals surface area contributed by atoms with E-state index in [1.165, 1.54) is 70.7 Å². The second-order valence-corrected chi connectivity index (χ2v) is 15.4. The Labute approximate surface area is 327 Å². The summed E-state index contributed by atoms with van der Waals surface area (Å²) in [6.45, 7) is 0. The molecule has 0 atom stereocenters. The van der Waals surface area contributed by atoms with Gasteiger partial charge in [0.2, 0.25) is 0 Å². The summed E-state index contributed by atoms with van der Waals surface area (Å²) < 4.78 is 11.7. The van der Waals surface area contributed by atoms with Crippen LogP contribution >= 0.6 is 0 Å². The van der Waals surface area contributed by atoms with Crippen molar-refractivity contribution in [1.82, 2.24) is 8.97 Å². The monoisotopic (exact) mass is 727 g/mol. The van der Waals surface area contributed by atoms with Gasteiger partial charge >= 0.3 is 0 Å². The molecule has 0 N–H and O–H groups in total. The molecule has 13 rings (SSSR count). The second-order valence-electron chi connectivity index (χ2n) is 15.4. The average Bonchev–Trinajstić information content (AvgIpc) is 3.99. The number of para-hydroxylation sites is 3. The molecule has 1 aliphatic heterocycles. The molecule has 8 aromatic carbocycles. The van der Waals surface area contributed by atoms with Crippen LogP contribution in [0.4, 0.5) is 5.69 Å². The Morgan fingerprint density at radius 3 is 2.02 bits per heavy atom. The van der Waals surface area contributed by atoms with Gasteiger partial charge in [-0.1, -0.05) is 121 Å². The number of aromatic nitrogens is 2. The molecule has 4 heteroatoms. The standard InChI is InChI=1S/C53H33N3O/c1-2-13-33(14-3-1)44-21-12-20-37(53-50(54-44)40-19-8-11-24-48(40)57-53)32-25-27-36(28-26-32)55-45-22-9-6-17-38(45)42-31-43-41-29-34-15-4-5-16-35(34)30-47(41)56-46-23-10-7-18-39(46)49(51(42)55)52(43)56/h1-11,13-20,22-31H,12,21H2. The largest absolute Gasteiger partial charge is 0.454 e. The highest BCUT2D eigenvalue weighted by atomic mass is 16.3. The zero-order valence-electron chi connectivity index (χ0n) is 30.9. The van der Waals surface area contributed by atoms with Crippen molar-refractivity contribution in [3.63, 3.8) is 0 Å². The van der Waals surface area contributed by atoms with E-state index in [0.29, 0.717) is 0 Å². The van der Waals surface area contributed by atoms with Gasteiger partial charge in [-0.15, -0.1) is 0 Å². The van der Waals surface area contributed by atoms with Gasteiger partial charge in [0.05, 0.1) is 27.6 Å². The summed E-state index contributed by atoms with van der Waals surface area (Å²) in [6, 6.07) is 61.6. The molecule has 57 heavy (non-hydrogen) atoms. The van der Waals surface area contributed by atoms with Crippen molar-refractivity contribution >= 4 is 98.6 Å². The van der Waals surface area contributed by atoms with Gasteiger partial charge in [-0.3, -0.25) is 0 Å². The van der Waals surface area contributed by atoms with Crippen molar-refractivity contribution in [2.24, 2.45) is 4.99 Å². The van der Waals surface area contributed by atoms with E-state index in [9.17, 15) is 0 Å². The number of benzene rings is 8. The quantitative estimate of drug-likeness (QED) is 0.178. The van der Waals surface area contributed by atoms with E-state index in [-0.39, 0.29) is 0 Å². The van der Waals surface area contributed by atoms with Gasteiger partial charge in [0.25, 0.3) is 0 Å². The Hall–Kier alpha value is -7.43. The zero-order chi connectivity index (χ0) is 37.2. The van der Waals surface area contributed by atoms with Crippen LogP contribution in [0.3, 0.4) is 0 Å². The highest BCUT2D eigenvalue weighted by Crippen LogP contribution is 2.47. The van der Waals surface area contributed by atoms with Gasteiger partial charge in [-0.05, 0) is 89.3 Å². The number of hydrogen-bond donors (Lipinski definition) is 0. The van der Waals surface area contributed by atoms with Crippen molar-refractivity contribution in [1.29, 1.82) is 0 Å². The molecule has 4 nitrogen and oxygen atoms in total. The number of allylic oxidation sites excluding steroid dienone is 1. The number of furan rings is 1. The highest BCUT2D eigenvalue weighted by molar-refractivity contribution is 6.34. The maximum atomic E-state index is 6.67. The predicted molar refractivity (Wildman–Crippen MR) is 238 cm³/mol. The molecular weight excluding hydrogens is 695 g/mol. The third kappa shape index (κ3) is 4.30. The maximum absolute atomic E-state index is 6.67. The van der Waals surface area contributed by atoms with E-state index in [1.807, 2.05) is 12.1 Å². The fourth-order valence-corrected chi connectivity index (χ4v) is 9.80. The lowest BCUT2D eigenvalue weighted by molar-refractivity contribution is 0.600. The third-order valence-electron chi connectivity index (χ3n) is 12.3. The number of hydrogen-bond acceptors (Lipinski definition) is 2. The average molecular weight is 728 g/mol. The number of nitrogens with zero attached hydrogens (tertiary/aromatic N) is 3. The molecule has 266 valence electrons. The highest BCUT2D eigenvalue weighted by Gasteiger charge is 2.26. The molecule has 0 saturated heterocycles. The normalized spacial score (nSPS) is 13.7. The maximum Gasteiger partial charge on any atom is 0.161 e. The summed E-state index contributed by atoms with van der Waals surface area (Å²) in [5, 5.41) is 11.2. The van der Waals surface area contributed by atoms with Gasteiger partial charge in [-0.2, -0.15) is 0 Å². The first-order chi connectivity index (χ1) is 28.3. The molecule has 0 spiro atoms. The fourth-order valence-electron chi connectivity index (χ4n) is 9.80. The first-order valence-corrected chi connectivity index (χ1v) is 19.8. The van der Waals surface area contributed by atoms with E-state index in [1.54, 1.807) is 0 Å². The lowest BCUT2D eigenvalue weighted by Crippen LogP contribution is -2.02. The topological polar surface area (TPSA) is 34.8 Å². The van der Waals surface area contributed by atoms with E-state index in [4.69, 9.17) is 9.41 Å². The Morgan fingerprint density at radius 2 is 1.18 bits per heavy atom. The SMILES string of the molecule is C1=C(c2ccc(-n3c4ccccc4c4cc5c6cc7ccccc7cc6n6c7ccccc7c(c43)c56)cc2)c2oc3ccccc3c2N=C(c2ccccc2)CC1. The lowest BCUT2D eigenvalue weighted by Gasteiger charge is -2.14. The minimum atomic E-state index is 0.821. The summed E-state index contributed by atoms with van der Waals surface area (Å²) in [6.07, 6.45) is 4.04. The summed E-state index contributed by atoms with van der Waals surface area (Å²) in [5.41, 5.74) is 13.5. The van der Waals surface area contributed by atoms with Gasteiger partial charge < -0.3 is 13.4 Å². The zero-order valence-corrected chi connectivity index (χ0v) is 30.9. The summed E-state index contributed by atoms with van der Waals surface area (Å²) >= 11 is 0. The molecule has 1 aliphatic rings. The van der Waals surface area contributed by atoms with Crippen LogP contribution < -0.4 is 0 Å². The molecule has 0 aliphatic carbocycles. The molecule has 0 bridgehead atoms. The number of rotatable bonds is 3. The molecule has 12 aromatic rings. The van der Waals surface area contributed by atoms with Gasteiger partial charge in [0, 0.05) is 54.7 Å².